The van der Waals surface area contributed by atoms with Crippen molar-refractivity contribution in [1.82, 2.24) is 24.1 Å². The van der Waals surface area contributed by atoms with Crippen molar-refractivity contribution in [3.63, 3.8) is 0 Å². The van der Waals surface area contributed by atoms with Crippen LogP contribution in [0.1, 0.15) is 0 Å². The smallest absolute Gasteiger partial charge is 0.274 e. The fourth-order valence-corrected chi connectivity index (χ4v) is 1.50. The van der Waals surface area contributed by atoms with Gasteiger partial charge in [0.15, 0.2) is 5.65 Å². The first-order chi connectivity index (χ1) is 8.24. The third-order valence-corrected chi connectivity index (χ3v) is 2.27. The van der Waals surface area contributed by atoms with E-state index in [1.54, 1.807) is 22.8 Å². The molecule has 17 heavy (non-hydrogen) atoms. The molecule has 0 aliphatic carbocycles. The van der Waals surface area contributed by atoms with Gasteiger partial charge in [-0.05, 0) is 12.1 Å². The Hall–Kier alpha value is -2.70. The first kappa shape index (κ1) is 9.52. The zero-order valence-electron chi connectivity index (χ0n) is 8.57. The predicted molar refractivity (Wildman–Crippen MR) is 59.2 cm³/mol. The van der Waals surface area contributed by atoms with Crippen LogP contribution in [0.3, 0.4) is 0 Å². The van der Waals surface area contributed by atoms with E-state index in [2.05, 4.69) is 15.1 Å². The van der Waals surface area contributed by atoms with Crippen LogP contribution in [0.4, 0.5) is 0 Å². The van der Waals surface area contributed by atoms with Crippen LogP contribution in [0.25, 0.3) is 11.6 Å². The van der Waals surface area contributed by atoms with Gasteiger partial charge in [0.05, 0.1) is 0 Å². The van der Waals surface area contributed by atoms with E-state index in [0.717, 1.165) is 0 Å². The molecule has 3 aromatic rings. The summed E-state index contributed by atoms with van der Waals surface area (Å²) in [7, 11) is 0. The van der Waals surface area contributed by atoms with Crippen LogP contribution >= 0.6 is 0 Å². The van der Waals surface area contributed by atoms with Gasteiger partial charge in [0, 0.05) is 18.5 Å². The molecule has 0 aliphatic rings. The first-order valence-electron chi connectivity index (χ1n) is 4.88. The average molecular weight is 229 g/mol. The van der Waals surface area contributed by atoms with Crippen LogP contribution < -0.4 is 11.2 Å². The summed E-state index contributed by atoms with van der Waals surface area (Å²) in [6.07, 6.45) is 3.07. The molecular weight excluding hydrogens is 222 g/mol. The molecule has 0 bridgehead atoms. The summed E-state index contributed by atoms with van der Waals surface area (Å²) < 4.78 is 2.72. The van der Waals surface area contributed by atoms with E-state index in [4.69, 9.17) is 0 Å². The lowest BCUT2D eigenvalue weighted by atomic mass is 10.5. The number of hydrogen-bond acceptors (Lipinski definition) is 4. The molecule has 7 heteroatoms. The summed E-state index contributed by atoms with van der Waals surface area (Å²) >= 11 is 0. The first-order valence-corrected chi connectivity index (χ1v) is 4.88. The lowest BCUT2D eigenvalue weighted by molar-refractivity contribution is 0.819. The van der Waals surface area contributed by atoms with Crippen molar-refractivity contribution in [2.75, 3.05) is 0 Å². The van der Waals surface area contributed by atoms with E-state index in [1.807, 2.05) is 6.07 Å². The number of aromatic amines is 1. The Kier molecular flexibility index (Phi) is 1.91. The normalized spacial score (nSPS) is 10.8. The highest BCUT2D eigenvalue weighted by Crippen LogP contribution is 2.02. The van der Waals surface area contributed by atoms with Crippen molar-refractivity contribution in [3.8, 4) is 5.95 Å². The second kappa shape index (κ2) is 3.41. The zero-order valence-corrected chi connectivity index (χ0v) is 8.57. The van der Waals surface area contributed by atoms with Crippen molar-refractivity contribution in [3.05, 3.63) is 57.5 Å². The maximum absolute atomic E-state index is 11.5. The second-order valence-electron chi connectivity index (χ2n) is 3.40. The topological polar surface area (TPSA) is 85.0 Å². The van der Waals surface area contributed by atoms with Gasteiger partial charge in [0.25, 0.3) is 11.5 Å². The summed E-state index contributed by atoms with van der Waals surface area (Å²) in [6, 6.07) is 6.64. The lowest BCUT2D eigenvalue weighted by Gasteiger charge is -1.95. The largest absolute Gasteiger partial charge is 0.335 e. The molecule has 7 nitrogen and oxygen atoms in total. The van der Waals surface area contributed by atoms with Gasteiger partial charge < -0.3 is 0 Å². The molecule has 3 aromatic heterocycles. The summed E-state index contributed by atoms with van der Waals surface area (Å²) in [5, 5.41) is 4.12. The van der Waals surface area contributed by atoms with Gasteiger partial charge in [-0.1, -0.05) is 6.07 Å². The maximum Gasteiger partial charge on any atom is 0.335 e. The van der Waals surface area contributed by atoms with E-state index in [9.17, 15) is 9.59 Å². The Bertz CT molecular complexity index is 765. The van der Waals surface area contributed by atoms with Crippen molar-refractivity contribution < 1.29 is 0 Å². The number of nitrogens with one attached hydrogen (secondary N) is 1. The average Bonchev–Trinajstić information content (AvgIpc) is 2.72. The molecule has 0 saturated heterocycles. The number of fused-ring (bicyclic) bond motifs is 1. The van der Waals surface area contributed by atoms with Crippen molar-refractivity contribution in [2.45, 2.75) is 0 Å². The van der Waals surface area contributed by atoms with Gasteiger partial charge in [0.1, 0.15) is 0 Å². The van der Waals surface area contributed by atoms with E-state index in [1.165, 1.54) is 16.8 Å². The highest BCUT2D eigenvalue weighted by molar-refractivity contribution is 5.39. The number of aromatic nitrogens is 5. The van der Waals surface area contributed by atoms with Gasteiger partial charge in [-0.3, -0.25) is 9.78 Å². The molecule has 84 valence electrons. The Morgan fingerprint density at radius 3 is 2.76 bits per heavy atom. The van der Waals surface area contributed by atoms with Crippen LogP contribution in [0, 0.1) is 0 Å². The van der Waals surface area contributed by atoms with Gasteiger partial charge in [-0.15, -0.1) is 5.10 Å². The summed E-state index contributed by atoms with van der Waals surface area (Å²) in [5.74, 6) is 0.220. The molecule has 0 saturated carbocycles. The lowest BCUT2D eigenvalue weighted by Crippen LogP contribution is -2.28. The quantitative estimate of drug-likeness (QED) is 0.613. The van der Waals surface area contributed by atoms with Crippen LogP contribution in [-0.4, -0.2) is 24.1 Å². The third kappa shape index (κ3) is 1.53. The van der Waals surface area contributed by atoms with Gasteiger partial charge >= 0.3 is 5.69 Å². The summed E-state index contributed by atoms with van der Waals surface area (Å²) in [5.41, 5.74) is -0.385. The van der Waals surface area contributed by atoms with E-state index in [-0.39, 0.29) is 5.95 Å². The molecular formula is C10H7N5O2. The Morgan fingerprint density at radius 1 is 1.12 bits per heavy atom. The number of nitrogens with zero attached hydrogens (tertiary/aromatic N) is 4. The predicted octanol–water partition coefficient (Wildman–Crippen LogP) is -0.431. The Morgan fingerprint density at radius 2 is 2.00 bits per heavy atom. The molecule has 0 aliphatic heterocycles. The maximum atomic E-state index is 11.5. The molecule has 0 amide bonds. The Labute approximate surface area is 94.0 Å². The highest BCUT2D eigenvalue weighted by atomic mass is 16.2. The zero-order chi connectivity index (χ0) is 11.8. The fraction of sp³-hybridized carbons (Fsp3) is 0. The monoisotopic (exact) mass is 229 g/mol. The minimum atomic E-state index is -0.562. The highest BCUT2D eigenvalue weighted by Gasteiger charge is 2.06. The van der Waals surface area contributed by atoms with Gasteiger partial charge in [-0.2, -0.15) is 4.98 Å². The van der Waals surface area contributed by atoms with Crippen molar-refractivity contribution in [2.24, 2.45) is 0 Å². The number of H-pyrrole nitrogens is 1. The SMILES string of the molecule is O=c1ccn(-c2nc3ccccn3n2)c(=O)[nH]1. The standard InChI is InChI=1S/C10H7N5O2/c16-8-4-6-14(10(17)12-8)9-11-7-3-1-2-5-15(7)13-9/h1-6H,(H,12,16,17). The molecule has 3 rings (SSSR count). The molecule has 0 aromatic carbocycles. The molecule has 0 unspecified atom stereocenters. The van der Waals surface area contributed by atoms with E-state index >= 15 is 0 Å². The van der Waals surface area contributed by atoms with Crippen molar-refractivity contribution >= 4 is 5.65 Å². The number of hydrogen-bond donors (Lipinski definition) is 1. The van der Waals surface area contributed by atoms with Crippen LogP contribution in [0.15, 0.2) is 46.2 Å². The molecule has 0 fully saturated rings. The minimum absolute atomic E-state index is 0.220. The van der Waals surface area contributed by atoms with E-state index in [0.29, 0.717) is 5.65 Å². The van der Waals surface area contributed by atoms with Crippen LogP contribution in [-0.2, 0) is 0 Å². The third-order valence-electron chi connectivity index (χ3n) is 2.27. The molecule has 1 N–H and O–H groups in total. The fourth-order valence-electron chi connectivity index (χ4n) is 1.50. The van der Waals surface area contributed by atoms with E-state index < -0.39 is 11.2 Å². The van der Waals surface area contributed by atoms with Crippen LogP contribution in [0.5, 0.6) is 0 Å². The van der Waals surface area contributed by atoms with Crippen LogP contribution in [0.2, 0.25) is 0 Å². The Balaban J connectivity index is 2.27. The van der Waals surface area contributed by atoms with Crippen molar-refractivity contribution in [1.29, 1.82) is 0 Å². The second-order valence-corrected chi connectivity index (χ2v) is 3.40. The number of pyridine rings is 1. The summed E-state index contributed by atoms with van der Waals surface area (Å²) in [6.45, 7) is 0. The molecule has 0 spiro atoms. The number of rotatable bonds is 1. The van der Waals surface area contributed by atoms with Gasteiger partial charge in [0.2, 0.25) is 0 Å². The van der Waals surface area contributed by atoms with Gasteiger partial charge in [-0.25, -0.2) is 13.9 Å². The molecule has 0 atom stereocenters. The molecule has 0 radical (unpaired) electrons. The molecule has 3 heterocycles. The summed E-state index contributed by atoms with van der Waals surface area (Å²) in [4.78, 5) is 28.8. The minimum Gasteiger partial charge on any atom is -0.274 e.